The second kappa shape index (κ2) is 45.8. The van der Waals surface area contributed by atoms with Crippen molar-refractivity contribution >= 4 is 5.97 Å². The lowest BCUT2D eigenvalue weighted by Gasteiger charge is -2.29. The van der Waals surface area contributed by atoms with Crippen LogP contribution < -0.4 is 0 Å². The zero-order valence-corrected chi connectivity index (χ0v) is 37.2. The van der Waals surface area contributed by atoms with Gasteiger partial charge in [-0.2, -0.15) is 0 Å². The number of hydrogen-bond donors (Lipinski definition) is 1. The van der Waals surface area contributed by atoms with Gasteiger partial charge < -0.3 is 10.0 Å². The molecule has 0 aliphatic rings. The fraction of sp³-hybridized carbons (Fsp3) is 0.980. The van der Waals surface area contributed by atoms with Gasteiger partial charge in [-0.15, -0.1) is 0 Å². The van der Waals surface area contributed by atoms with Crippen LogP contribution in [0.3, 0.4) is 0 Å². The Kier molecular flexibility index (Phi) is 45.3. The second-order valence-corrected chi connectivity index (χ2v) is 17.6. The van der Waals surface area contributed by atoms with Crippen molar-refractivity contribution < 1.29 is 9.90 Å². The molecular formula is C50H101NO2. The van der Waals surface area contributed by atoms with Crippen LogP contribution in [0, 0.1) is 0 Å². The van der Waals surface area contributed by atoms with Gasteiger partial charge in [-0.05, 0) is 45.7 Å². The van der Waals surface area contributed by atoms with Crippen LogP contribution in [0.5, 0.6) is 0 Å². The summed E-state index contributed by atoms with van der Waals surface area (Å²) in [6.45, 7) is 9.35. The summed E-state index contributed by atoms with van der Waals surface area (Å²) in [7, 11) is 0. The molecule has 0 aliphatic heterocycles. The molecule has 0 spiro atoms. The average Bonchev–Trinajstić information content (AvgIpc) is 3.15. The van der Waals surface area contributed by atoms with Crippen LogP contribution in [0.2, 0.25) is 0 Å². The average molecular weight is 748 g/mol. The molecule has 0 fully saturated rings. The Morgan fingerprint density at radius 1 is 0.358 bits per heavy atom. The number of unbranched alkanes of at least 4 members (excludes halogenated alkanes) is 38. The molecule has 0 heterocycles. The number of carbonyl (C=O) groups is 1. The van der Waals surface area contributed by atoms with Crippen molar-refractivity contribution in [3.05, 3.63) is 0 Å². The largest absolute Gasteiger partial charge is 0.481 e. The third kappa shape index (κ3) is 44.0. The van der Waals surface area contributed by atoms with Gasteiger partial charge >= 0.3 is 5.97 Å². The van der Waals surface area contributed by atoms with Gasteiger partial charge in [0.1, 0.15) is 0 Å². The molecule has 318 valence electrons. The van der Waals surface area contributed by atoms with Gasteiger partial charge in [0.05, 0.1) is 0 Å². The Morgan fingerprint density at radius 2 is 0.566 bits per heavy atom. The summed E-state index contributed by atoms with van der Waals surface area (Å²) in [5.41, 5.74) is 0. The van der Waals surface area contributed by atoms with Crippen molar-refractivity contribution in [3.63, 3.8) is 0 Å². The Labute approximate surface area is 335 Å². The lowest BCUT2D eigenvalue weighted by molar-refractivity contribution is -0.137. The van der Waals surface area contributed by atoms with E-state index in [1.165, 1.54) is 270 Å². The number of aliphatic carboxylic acids is 1. The number of carboxylic acid groups (broad SMARTS) is 1. The molecule has 0 saturated heterocycles. The maximum Gasteiger partial charge on any atom is 0.303 e. The summed E-state index contributed by atoms with van der Waals surface area (Å²) >= 11 is 0. The first-order valence-electron chi connectivity index (χ1n) is 25.1. The Hall–Kier alpha value is -0.570. The molecule has 0 bridgehead atoms. The molecule has 0 saturated carbocycles. The quantitative estimate of drug-likeness (QED) is 0.0630. The zero-order valence-electron chi connectivity index (χ0n) is 37.2. The maximum atomic E-state index is 11.1. The molecule has 0 aliphatic carbocycles. The van der Waals surface area contributed by atoms with Gasteiger partial charge in [-0.25, -0.2) is 0 Å². The predicted octanol–water partition coefficient (Wildman–Crippen LogP) is 17.6. The molecule has 0 aromatic carbocycles. The van der Waals surface area contributed by atoms with Crippen molar-refractivity contribution in [2.24, 2.45) is 0 Å². The first-order chi connectivity index (χ1) is 26.1. The van der Waals surface area contributed by atoms with Crippen molar-refractivity contribution in [2.75, 3.05) is 13.1 Å². The molecule has 0 radical (unpaired) electrons. The van der Waals surface area contributed by atoms with Crippen molar-refractivity contribution in [1.29, 1.82) is 0 Å². The van der Waals surface area contributed by atoms with E-state index in [0.717, 1.165) is 12.8 Å². The number of hydrogen-bond acceptors (Lipinski definition) is 2. The first-order valence-corrected chi connectivity index (χ1v) is 25.1. The zero-order chi connectivity index (χ0) is 38.6. The van der Waals surface area contributed by atoms with Gasteiger partial charge in [-0.3, -0.25) is 4.79 Å². The molecule has 0 aromatic heterocycles. The monoisotopic (exact) mass is 748 g/mol. The number of rotatable bonds is 47. The van der Waals surface area contributed by atoms with Crippen molar-refractivity contribution in [3.8, 4) is 0 Å². The number of carboxylic acids is 1. The summed E-state index contributed by atoms with van der Waals surface area (Å²) in [5, 5.41) is 9.12. The van der Waals surface area contributed by atoms with Crippen LogP contribution >= 0.6 is 0 Å². The van der Waals surface area contributed by atoms with E-state index in [2.05, 4.69) is 25.7 Å². The lowest BCUT2D eigenvalue weighted by Crippen LogP contribution is -2.35. The first kappa shape index (κ1) is 52.4. The van der Waals surface area contributed by atoms with Gasteiger partial charge in [0.25, 0.3) is 0 Å². The molecule has 1 atom stereocenters. The van der Waals surface area contributed by atoms with E-state index in [0.29, 0.717) is 12.5 Å². The van der Waals surface area contributed by atoms with Crippen LogP contribution in [-0.2, 0) is 4.79 Å². The fourth-order valence-corrected chi connectivity index (χ4v) is 8.42. The van der Waals surface area contributed by atoms with E-state index >= 15 is 0 Å². The molecule has 1 N–H and O–H groups in total. The summed E-state index contributed by atoms with van der Waals surface area (Å²) in [5.74, 6) is -0.646. The molecule has 0 aromatic rings. The van der Waals surface area contributed by atoms with E-state index in [4.69, 9.17) is 5.11 Å². The van der Waals surface area contributed by atoms with Crippen molar-refractivity contribution in [2.45, 2.75) is 303 Å². The summed E-state index contributed by atoms with van der Waals surface area (Å²) < 4.78 is 0. The maximum absolute atomic E-state index is 11.1. The molecule has 1 unspecified atom stereocenters. The topological polar surface area (TPSA) is 40.5 Å². The van der Waals surface area contributed by atoms with E-state index in [9.17, 15) is 4.79 Å². The van der Waals surface area contributed by atoms with Crippen LogP contribution in [0.4, 0.5) is 0 Å². The third-order valence-corrected chi connectivity index (χ3v) is 12.2. The van der Waals surface area contributed by atoms with Gasteiger partial charge in [0.15, 0.2) is 0 Å². The van der Waals surface area contributed by atoms with E-state index < -0.39 is 5.97 Å². The molecule has 3 heteroatoms. The highest BCUT2D eigenvalue weighted by molar-refractivity contribution is 5.66. The Bertz CT molecular complexity index is 636. The molecular weight excluding hydrogens is 647 g/mol. The lowest BCUT2D eigenvalue weighted by atomic mass is 10.0. The van der Waals surface area contributed by atoms with Gasteiger partial charge in [0, 0.05) is 12.5 Å². The minimum absolute atomic E-state index is 0.316. The Morgan fingerprint density at radius 3 is 0.774 bits per heavy atom. The van der Waals surface area contributed by atoms with Gasteiger partial charge in [0.2, 0.25) is 0 Å². The van der Waals surface area contributed by atoms with Crippen LogP contribution in [0.25, 0.3) is 0 Å². The van der Waals surface area contributed by atoms with Crippen molar-refractivity contribution in [1.82, 2.24) is 4.90 Å². The van der Waals surface area contributed by atoms with Crippen LogP contribution in [-0.4, -0.2) is 35.1 Å². The smallest absolute Gasteiger partial charge is 0.303 e. The minimum atomic E-state index is -0.646. The standard InChI is InChI=1S/C50H101NO2/c1-4-6-8-10-12-14-16-18-20-22-24-26-28-30-32-34-36-38-40-42-47-51(49(3)45-44-46-50(52)53)48-43-41-39-37-35-33-31-29-27-25-23-21-19-17-15-13-11-9-7-5-2/h49H,4-48H2,1-3H3,(H,52,53). The summed E-state index contributed by atoms with van der Waals surface area (Å²) in [6, 6.07) is 0.509. The molecule has 53 heavy (non-hydrogen) atoms. The predicted molar refractivity (Wildman–Crippen MR) is 239 cm³/mol. The highest BCUT2D eigenvalue weighted by Gasteiger charge is 2.14. The van der Waals surface area contributed by atoms with E-state index in [1.54, 1.807) is 0 Å². The highest BCUT2D eigenvalue weighted by atomic mass is 16.4. The van der Waals surface area contributed by atoms with E-state index in [-0.39, 0.29) is 0 Å². The second-order valence-electron chi connectivity index (χ2n) is 17.6. The van der Waals surface area contributed by atoms with Crippen LogP contribution in [0.1, 0.15) is 297 Å². The van der Waals surface area contributed by atoms with Gasteiger partial charge in [-0.1, -0.05) is 258 Å². The van der Waals surface area contributed by atoms with Crippen LogP contribution in [0.15, 0.2) is 0 Å². The molecule has 0 amide bonds. The third-order valence-electron chi connectivity index (χ3n) is 12.2. The fourth-order valence-electron chi connectivity index (χ4n) is 8.42. The number of nitrogens with zero attached hydrogens (tertiary/aromatic N) is 1. The summed E-state index contributed by atoms with van der Waals surface area (Å²) in [6.07, 6.45) is 59.4. The minimum Gasteiger partial charge on any atom is -0.481 e. The normalized spacial score (nSPS) is 12.3. The molecule has 0 rings (SSSR count). The van der Waals surface area contributed by atoms with E-state index in [1.807, 2.05) is 0 Å². The summed E-state index contributed by atoms with van der Waals surface area (Å²) in [4.78, 5) is 13.8. The Balaban J connectivity index is 3.73. The SMILES string of the molecule is CCCCCCCCCCCCCCCCCCCCCCN(CCCCCCCCCCCCCCCCCCCCCC)C(C)CCCC(=O)O. The highest BCUT2D eigenvalue weighted by Crippen LogP contribution is 2.18. The molecule has 3 nitrogen and oxygen atoms in total.